The van der Waals surface area contributed by atoms with Gasteiger partial charge in [0.2, 0.25) is 5.72 Å². The SMILES string of the molecule is CC(C)(C)OC(=O)N1[C@@H]2COC[C@@]1(OC(=O)C(F)(F)F)C[C@@H](N)C2. The summed E-state index contributed by atoms with van der Waals surface area (Å²) in [7, 11) is 0. The molecule has 2 aliphatic heterocycles. The maximum absolute atomic E-state index is 12.6. The van der Waals surface area contributed by atoms with E-state index in [1.807, 2.05) is 0 Å². The summed E-state index contributed by atoms with van der Waals surface area (Å²) in [5.74, 6) is -2.39. The Bertz CT molecular complexity index is 520. The average molecular weight is 354 g/mol. The minimum Gasteiger partial charge on any atom is -0.444 e. The maximum Gasteiger partial charge on any atom is 0.491 e. The van der Waals surface area contributed by atoms with E-state index in [0.29, 0.717) is 6.42 Å². The Hall–Kier alpha value is -1.55. The number of halogens is 3. The van der Waals surface area contributed by atoms with E-state index in [2.05, 4.69) is 4.74 Å². The highest BCUT2D eigenvalue weighted by Gasteiger charge is 2.58. The summed E-state index contributed by atoms with van der Waals surface area (Å²) < 4.78 is 53.1. The van der Waals surface area contributed by atoms with E-state index in [0.717, 1.165) is 4.90 Å². The van der Waals surface area contributed by atoms with Gasteiger partial charge < -0.3 is 19.9 Å². The predicted octanol–water partition coefficient (Wildman–Crippen LogP) is 1.55. The Balaban J connectivity index is 2.33. The summed E-state index contributed by atoms with van der Waals surface area (Å²) in [6.45, 7) is 4.57. The van der Waals surface area contributed by atoms with Crippen molar-refractivity contribution in [3.8, 4) is 0 Å². The Labute approximate surface area is 137 Å². The highest BCUT2D eigenvalue weighted by Crippen LogP contribution is 2.39. The molecule has 2 saturated heterocycles. The van der Waals surface area contributed by atoms with Crippen LogP contribution in [-0.4, -0.2) is 59.8 Å². The summed E-state index contributed by atoms with van der Waals surface area (Å²) in [5, 5.41) is 0. The second kappa shape index (κ2) is 6.07. The number of nitrogens with two attached hydrogens (primary N) is 1. The van der Waals surface area contributed by atoms with Crippen LogP contribution in [0.3, 0.4) is 0 Å². The minimum absolute atomic E-state index is 0.0816. The molecule has 0 aromatic heterocycles. The van der Waals surface area contributed by atoms with Gasteiger partial charge in [-0.25, -0.2) is 9.59 Å². The molecule has 7 nitrogen and oxygen atoms in total. The molecule has 0 saturated carbocycles. The van der Waals surface area contributed by atoms with Gasteiger partial charge in [-0.15, -0.1) is 0 Å². The van der Waals surface area contributed by atoms with Crippen LogP contribution in [0.5, 0.6) is 0 Å². The monoisotopic (exact) mass is 354 g/mol. The number of carbonyl (C=O) groups is 2. The number of fused-ring (bicyclic) bond motifs is 2. The molecule has 0 spiro atoms. The zero-order chi connectivity index (χ0) is 18.3. The molecule has 2 fully saturated rings. The molecule has 0 aromatic carbocycles. The van der Waals surface area contributed by atoms with Gasteiger partial charge in [0.15, 0.2) is 0 Å². The van der Waals surface area contributed by atoms with Crippen molar-refractivity contribution in [2.45, 2.75) is 63.2 Å². The van der Waals surface area contributed by atoms with Crippen molar-refractivity contribution in [1.29, 1.82) is 0 Å². The van der Waals surface area contributed by atoms with E-state index in [1.54, 1.807) is 20.8 Å². The molecule has 0 aliphatic carbocycles. The zero-order valence-electron chi connectivity index (χ0n) is 13.7. The maximum atomic E-state index is 12.6. The summed E-state index contributed by atoms with van der Waals surface area (Å²) in [6, 6.07) is -1.16. The lowest BCUT2D eigenvalue weighted by molar-refractivity contribution is -0.266. The molecule has 138 valence electrons. The lowest BCUT2D eigenvalue weighted by Crippen LogP contribution is -2.71. The standard InChI is InChI=1S/C14H21F3N2O5/c1-12(2,3)24-11(21)19-9-4-8(18)5-13(19,7-22-6-9)23-10(20)14(15,16)17/h8-9H,4-7,18H2,1-3H3/t8-,9-,13-/m0/s1. The number of piperidine rings is 1. The zero-order valence-corrected chi connectivity index (χ0v) is 13.7. The first-order chi connectivity index (χ1) is 10.8. The molecule has 3 atom stereocenters. The van der Waals surface area contributed by atoms with Crippen LogP contribution >= 0.6 is 0 Å². The number of hydrogen-bond donors (Lipinski definition) is 1. The Kier molecular flexibility index (Phi) is 4.75. The van der Waals surface area contributed by atoms with E-state index in [1.165, 1.54) is 0 Å². The van der Waals surface area contributed by atoms with Crippen molar-refractivity contribution < 1.29 is 37.0 Å². The summed E-state index contributed by atoms with van der Waals surface area (Å²) >= 11 is 0. The molecule has 10 heteroatoms. The van der Waals surface area contributed by atoms with Crippen molar-refractivity contribution in [3.63, 3.8) is 0 Å². The quantitative estimate of drug-likeness (QED) is 0.719. The molecule has 2 N–H and O–H groups in total. The molecule has 0 radical (unpaired) electrons. The summed E-state index contributed by atoms with van der Waals surface area (Å²) in [5.41, 5.74) is 3.10. The molecular formula is C14H21F3N2O5. The number of carbonyl (C=O) groups excluding carboxylic acids is 2. The van der Waals surface area contributed by atoms with Crippen LogP contribution in [0.25, 0.3) is 0 Å². The van der Waals surface area contributed by atoms with Gasteiger partial charge in [-0.3, -0.25) is 4.90 Å². The van der Waals surface area contributed by atoms with Crippen molar-refractivity contribution in [2.24, 2.45) is 5.73 Å². The number of ether oxygens (including phenoxy) is 3. The van der Waals surface area contributed by atoms with Gasteiger partial charge >= 0.3 is 18.2 Å². The van der Waals surface area contributed by atoms with Crippen molar-refractivity contribution >= 4 is 12.1 Å². The second-order valence-electron chi connectivity index (χ2n) is 7.05. The van der Waals surface area contributed by atoms with Gasteiger partial charge in [-0.05, 0) is 27.2 Å². The van der Waals surface area contributed by atoms with Gasteiger partial charge in [0, 0.05) is 12.5 Å². The smallest absolute Gasteiger partial charge is 0.444 e. The number of rotatable bonds is 1. The lowest BCUT2D eigenvalue weighted by atomic mass is 9.88. The number of nitrogens with zero attached hydrogens (tertiary/aromatic N) is 1. The predicted molar refractivity (Wildman–Crippen MR) is 74.8 cm³/mol. The topological polar surface area (TPSA) is 91.1 Å². The number of esters is 1. The van der Waals surface area contributed by atoms with Crippen LogP contribution in [0.1, 0.15) is 33.6 Å². The third-order valence-electron chi connectivity index (χ3n) is 3.70. The van der Waals surface area contributed by atoms with Gasteiger partial charge in [0.25, 0.3) is 0 Å². The first kappa shape index (κ1) is 18.8. The number of hydrogen-bond acceptors (Lipinski definition) is 6. The molecule has 0 unspecified atom stereocenters. The van der Waals surface area contributed by atoms with Crippen LogP contribution < -0.4 is 5.73 Å². The van der Waals surface area contributed by atoms with E-state index < -0.39 is 48.3 Å². The highest BCUT2D eigenvalue weighted by atomic mass is 19.4. The van der Waals surface area contributed by atoms with E-state index >= 15 is 0 Å². The normalized spacial score (nSPS) is 30.7. The molecule has 24 heavy (non-hydrogen) atoms. The van der Waals surface area contributed by atoms with Crippen LogP contribution in [0.2, 0.25) is 0 Å². The van der Waals surface area contributed by atoms with Crippen molar-refractivity contribution in [2.75, 3.05) is 13.2 Å². The Morgan fingerprint density at radius 2 is 1.92 bits per heavy atom. The molecule has 0 aromatic rings. The van der Waals surface area contributed by atoms with Crippen LogP contribution in [0.4, 0.5) is 18.0 Å². The lowest BCUT2D eigenvalue weighted by Gasteiger charge is -2.53. The minimum atomic E-state index is -5.19. The van der Waals surface area contributed by atoms with Crippen LogP contribution in [-0.2, 0) is 19.0 Å². The molecule has 2 aliphatic rings. The van der Waals surface area contributed by atoms with Gasteiger partial charge in [0.1, 0.15) is 12.2 Å². The van der Waals surface area contributed by atoms with Gasteiger partial charge in [-0.2, -0.15) is 13.2 Å². The third-order valence-corrected chi connectivity index (χ3v) is 3.70. The summed E-state index contributed by atoms with van der Waals surface area (Å²) in [6.07, 6.45) is -5.91. The fourth-order valence-electron chi connectivity index (χ4n) is 2.98. The van der Waals surface area contributed by atoms with Gasteiger partial charge in [0.05, 0.1) is 12.6 Å². The number of alkyl halides is 3. The molecule has 1 amide bonds. The molecular weight excluding hydrogens is 333 g/mol. The third kappa shape index (κ3) is 3.92. The molecule has 2 heterocycles. The Morgan fingerprint density at radius 1 is 1.29 bits per heavy atom. The van der Waals surface area contributed by atoms with Crippen LogP contribution in [0.15, 0.2) is 0 Å². The van der Waals surface area contributed by atoms with Gasteiger partial charge in [-0.1, -0.05) is 0 Å². The fourth-order valence-corrected chi connectivity index (χ4v) is 2.98. The van der Waals surface area contributed by atoms with E-state index in [9.17, 15) is 22.8 Å². The average Bonchev–Trinajstić information content (AvgIpc) is 2.33. The molecule has 2 bridgehead atoms. The molecule has 2 rings (SSSR count). The van der Waals surface area contributed by atoms with E-state index in [-0.39, 0.29) is 13.0 Å². The highest BCUT2D eigenvalue weighted by molar-refractivity contribution is 5.77. The van der Waals surface area contributed by atoms with Crippen LogP contribution in [0, 0.1) is 0 Å². The van der Waals surface area contributed by atoms with Crippen molar-refractivity contribution in [1.82, 2.24) is 4.90 Å². The number of amides is 1. The fraction of sp³-hybridized carbons (Fsp3) is 0.857. The first-order valence-electron chi connectivity index (χ1n) is 7.50. The Morgan fingerprint density at radius 3 is 2.46 bits per heavy atom. The first-order valence-corrected chi connectivity index (χ1v) is 7.50. The van der Waals surface area contributed by atoms with Crippen molar-refractivity contribution in [3.05, 3.63) is 0 Å². The second-order valence-corrected chi connectivity index (χ2v) is 7.05. The largest absolute Gasteiger partial charge is 0.491 e. The summed E-state index contributed by atoms with van der Waals surface area (Å²) in [4.78, 5) is 24.9. The van der Waals surface area contributed by atoms with E-state index in [4.69, 9.17) is 15.2 Å². The number of morpholine rings is 1.